The van der Waals surface area contributed by atoms with Crippen molar-refractivity contribution in [3.63, 3.8) is 0 Å². The molecule has 5 nitrogen and oxygen atoms in total. The molecule has 1 aliphatic rings. The summed E-state index contributed by atoms with van der Waals surface area (Å²) in [7, 11) is 0. The van der Waals surface area contributed by atoms with Crippen molar-refractivity contribution in [2.75, 3.05) is 11.4 Å². The molecule has 0 fully saturated rings. The van der Waals surface area contributed by atoms with Crippen molar-refractivity contribution in [3.05, 3.63) is 46.6 Å². The molecule has 0 saturated carbocycles. The Balaban J connectivity index is 2.11. The number of halogens is 2. The van der Waals surface area contributed by atoms with Gasteiger partial charge in [-0.1, -0.05) is 25.4 Å². The van der Waals surface area contributed by atoms with Gasteiger partial charge in [0.05, 0.1) is 16.9 Å². The molecule has 1 aromatic heterocycles. The Morgan fingerprint density at radius 2 is 2.18 bits per heavy atom. The molecule has 0 atom stereocenters. The average molecular weight is 322 g/mol. The fourth-order valence-corrected chi connectivity index (χ4v) is 2.67. The number of carbonyl (C=O) groups is 1. The van der Waals surface area contributed by atoms with Gasteiger partial charge in [0.1, 0.15) is 5.82 Å². The molecule has 0 unspecified atom stereocenters. The van der Waals surface area contributed by atoms with Gasteiger partial charge in [0.2, 0.25) is 0 Å². The summed E-state index contributed by atoms with van der Waals surface area (Å²) in [6.45, 7) is 4.41. The standard InChI is InChI=1S/C15H13ClFN3O2/c1-15(2)7-20(8-3-4-9(16)10(17)5-8)13-12(15)19-11(6-18-13)14(21)22/h3-6H,7H2,1-2H3,(H,21,22). The predicted octanol–water partition coefficient (Wildman–Crippen LogP) is 3.40. The first-order chi connectivity index (χ1) is 10.3. The van der Waals surface area contributed by atoms with Gasteiger partial charge in [-0.2, -0.15) is 0 Å². The minimum absolute atomic E-state index is 0.0507. The molecule has 2 heterocycles. The van der Waals surface area contributed by atoms with E-state index in [2.05, 4.69) is 9.97 Å². The number of benzene rings is 1. The number of fused-ring (bicyclic) bond motifs is 1. The third-order valence-electron chi connectivity index (χ3n) is 3.64. The molecule has 0 aliphatic carbocycles. The van der Waals surface area contributed by atoms with Gasteiger partial charge in [0, 0.05) is 17.6 Å². The van der Waals surface area contributed by atoms with Gasteiger partial charge >= 0.3 is 5.97 Å². The van der Waals surface area contributed by atoms with E-state index in [1.807, 2.05) is 18.7 Å². The maximum absolute atomic E-state index is 13.7. The molecule has 0 spiro atoms. The van der Waals surface area contributed by atoms with E-state index < -0.39 is 17.2 Å². The van der Waals surface area contributed by atoms with Gasteiger partial charge in [0.15, 0.2) is 11.5 Å². The molecule has 0 radical (unpaired) electrons. The fourth-order valence-electron chi connectivity index (χ4n) is 2.55. The zero-order chi connectivity index (χ0) is 16.1. The quantitative estimate of drug-likeness (QED) is 0.918. The number of rotatable bonds is 2. The lowest BCUT2D eigenvalue weighted by molar-refractivity contribution is 0.0689. The van der Waals surface area contributed by atoms with Gasteiger partial charge in [-0.05, 0) is 18.2 Å². The van der Waals surface area contributed by atoms with Gasteiger partial charge in [-0.15, -0.1) is 0 Å². The Labute approximate surface area is 131 Å². The maximum Gasteiger partial charge on any atom is 0.356 e. The van der Waals surface area contributed by atoms with E-state index in [9.17, 15) is 9.18 Å². The van der Waals surface area contributed by atoms with Crippen LogP contribution in [0.3, 0.4) is 0 Å². The first-order valence-corrected chi connectivity index (χ1v) is 7.01. The second-order valence-corrected chi connectivity index (χ2v) is 6.21. The van der Waals surface area contributed by atoms with E-state index >= 15 is 0 Å². The number of hydrogen-bond acceptors (Lipinski definition) is 4. The van der Waals surface area contributed by atoms with Crippen LogP contribution in [0.4, 0.5) is 15.9 Å². The second kappa shape index (κ2) is 4.91. The third-order valence-corrected chi connectivity index (χ3v) is 3.94. The zero-order valence-electron chi connectivity index (χ0n) is 12.0. The molecule has 0 amide bonds. The Hall–Kier alpha value is -2.21. The Bertz CT molecular complexity index is 779. The Kier molecular flexibility index (Phi) is 3.29. The highest BCUT2D eigenvalue weighted by atomic mass is 35.5. The van der Waals surface area contributed by atoms with Gasteiger partial charge < -0.3 is 10.0 Å². The smallest absolute Gasteiger partial charge is 0.356 e. The van der Waals surface area contributed by atoms with Crippen LogP contribution in [0.5, 0.6) is 0 Å². The van der Waals surface area contributed by atoms with Crippen molar-refractivity contribution >= 4 is 29.1 Å². The van der Waals surface area contributed by atoms with Crippen molar-refractivity contribution in [2.24, 2.45) is 0 Å². The summed E-state index contributed by atoms with van der Waals surface area (Å²) in [6, 6.07) is 4.51. The number of anilines is 2. The summed E-state index contributed by atoms with van der Waals surface area (Å²) >= 11 is 5.71. The first-order valence-electron chi connectivity index (χ1n) is 6.63. The van der Waals surface area contributed by atoms with Crippen molar-refractivity contribution in [2.45, 2.75) is 19.3 Å². The molecule has 0 saturated heterocycles. The number of carboxylic acid groups (broad SMARTS) is 1. The Morgan fingerprint density at radius 1 is 1.45 bits per heavy atom. The highest BCUT2D eigenvalue weighted by Crippen LogP contribution is 2.42. The number of carboxylic acids is 1. The molecule has 1 N–H and O–H groups in total. The van der Waals surface area contributed by atoms with Crippen LogP contribution in [-0.4, -0.2) is 27.6 Å². The molecule has 0 bridgehead atoms. The lowest BCUT2D eigenvalue weighted by atomic mass is 9.92. The number of nitrogens with zero attached hydrogens (tertiary/aromatic N) is 3. The van der Waals surface area contributed by atoms with Crippen LogP contribution in [0.15, 0.2) is 24.4 Å². The number of hydrogen-bond donors (Lipinski definition) is 1. The van der Waals surface area contributed by atoms with Crippen molar-refractivity contribution in [1.82, 2.24) is 9.97 Å². The lowest BCUT2D eigenvalue weighted by Gasteiger charge is -2.21. The van der Waals surface area contributed by atoms with Crippen LogP contribution < -0.4 is 4.90 Å². The summed E-state index contributed by atoms with van der Waals surface area (Å²) in [5.41, 5.74) is 0.689. The van der Waals surface area contributed by atoms with E-state index in [1.54, 1.807) is 6.07 Å². The molecule has 1 aliphatic heterocycles. The minimum Gasteiger partial charge on any atom is -0.476 e. The zero-order valence-corrected chi connectivity index (χ0v) is 12.7. The molecular formula is C15H13ClFN3O2. The predicted molar refractivity (Wildman–Crippen MR) is 80.4 cm³/mol. The van der Waals surface area contributed by atoms with Crippen molar-refractivity contribution < 1.29 is 14.3 Å². The van der Waals surface area contributed by atoms with Crippen LogP contribution in [-0.2, 0) is 5.41 Å². The topological polar surface area (TPSA) is 66.3 Å². The minimum atomic E-state index is -1.12. The average Bonchev–Trinajstić information content (AvgIpc) is 2.73. The van der Waals surface area contributed by atoms with E-state index in [0.29, 0.717) is 23.7 Å². The summed E-state index contributed by atoms with van der Waals surface area (Å²) in [5, 5.41) is 9.11. The lowest BCUT2D eigenvalue weighted by Crippen LogP contribution is -2.25. The summed E-state index contributed by atoms with van der Waals surface area (Å²) < 4.78 is 13.7. The fraction of sp³-hybridized carbons (Fsp3) is 0.267. The Morgan fingerprint density at radius 3 is 2.82 bits per heavy atom. The van der Waals surface area contributed by atoms with E-state index in [4.69, 9.17) is 16.7 Å². The SMILES string of the molecule is CC1(C)CN(c2ccc(Cl)c(F)c2)c2ncc(C(=O)O)nc21. The van der Waals surface area contributed by atoms with Crippen molar-refractivity contribution in [3.8, 4) is 0 Å². The summed E-state index contributed by atoms with van der Waals surface area (Å²) in [4.78, 5) is 21.3. The van der Waals surface area contributed by atoms with E-state index in [-0.39, 0.29) is 10.7 Å². The van der Waals surface area contributed by atoms with Gasteiger partial charge in [-0.25, -0.2) is 19.2 Å². The van der Waals surface area contributed by atoms with Crippen LogP contribution in [0.2, 0.25) is 5.02 Å². The van der Waals surface area contributed by atoms with Crippen LogP contribution in [0, 0.1) is 5.82 Å². The second-order valence-electron chi connectivity index (χ2n) is 5.80. The van der Waals surface area contributed by atoms with Gasteiger partial charge in [0.25, 0.3) is 0 Å². The largest absolute Gasteiger partial charge is 0.476 e. The highest BCUT2D eigenvalue weighted by molar-refractivity contribution is 6.30. The molecule has 2 aromatic rings. The highest BCUT2D eigenvalue weighted by Gasteiger charge is 2.39. The number of aromatic nitrogens is 2. The summed E-state index contributed by atoms with van der Waals surface area (Å²) in [6.07, 6.45) is 1.21. The van der Waals surface area contributed by atoms with Gasteiger partial charge in [-0.3, -0.25) is 0 Å². The number of aromatic carboxylic acids is 1. The van der Waals surface area contributed by atoms with Crippen LogP contribution >= 0.6 is 11.6 Å². The van der Waals surface area contributed by atoms with Crippen LogP contribution in [0.25, 0.3) is 0 Å². The van der Waals surface area contributed by atoms with E-state index in [1.165, 1.54) is 18.3 Å². The molecule has 114 valence electrons. The van der Waals surface area contributed by atoms with Crippen LogP contribution in [0.1, 0.15) is 30.0 Å². The third kappa shape index (κ3) is 2.29. The van der Waals surface area contributed by atoms with E-state index in [0.717, 1.165) is 0 Å². The normalized spacial score (nSPS) is 15.7. The monoisotopic (exact) mass is 321 g/mol. The molecule has 22 heavy (non-hydrogen) atoms. The first kappa shape index (κ1) is 14.7. The van der Waals surface area contributed by atoms with Crippen molar-refractivity contribution in [1.29, 1.82) is 0 Å². The maximum atomic E-state index is 13.7. The summed E-state index contributed by atoms with van der Waals surface area (Å²) in [5.74, 6) is -1.10. The molecule has 7 heteroatoms. The molecule has 3 rings (SSSR count). The molecular weight excluding hydrogens is 309 g/mol. The molecule has 1 aromatic carbocycles.